The Morgan fingerprint density at radius 2 is 0.421 bits per heavy atom. The number of para-hydroxylation sites is 2. The molecule has 0 unspecified atom stereocenters. The van der Waals surface area contributed by atoms with Gasteiger partial charge in [-0.05, 0) is 367 Å². The highest BCUT2D eigenvalue weighted by molar-refractivity contribution is 7.98. The van der Waals surface area contributed by atoms with Crippen molar-refractivity contribution in [3.8, 4) is 17.2 Å². The minimum atomic E-state index is -0.179. The summed E-state index contributed by atoms with van der Waals surface area (Å²) in [6, 6.07) is 138. The monoisotopic (exact) mass is 1730 g/mol. The smallest absolute Gasteiger partial charge is 0.209 e. The van der Waals surface area contributed by atoms with Gasteiger partial charge in [0.25, 0.3) is 0 Å². The van der Waals surface area contributed by atoms with Crippen LogP contribution >= 0.6 is 0 Å². The molecular formula is C120H130O2S4+4. The van der Waals surface area contributed by atoms with Crippen LogP contribution < -0.4 is 9.47 Å². The topological polar surface area (TPSA) is 18.5 Å². The first kappa shape index (κ1) is 96.7. The van der Waals surface area contributed by atoms with E-state index in [0.29, 0.717) is 0 Å². The van der Waals surface area contributed by atoms with E-state index in [1.807, 2.05) is 24.3 Å². The molecule has 1 aliphatic heterocycles. The second-order valence-electron chi connectivity index (χ2n) is 34.3. The fraction of sp³-hybridized carbons (Fsp3) is 0.200. The molecule has 0 atom stereocenters. The van der Waals surface area contributed by atoms with Gasteiger partial charge in [0.1, 0.15) is 22.2 Å². The Balaban J connectivity index is 0.000000154. The van der Waals surface area contributed by atoms with E-state index in [9.17, 15) is 0 Å². The zero-order valence-corrected chi connectivity index (χ0v) is 81.7. The number of ether oxygens (including phenoxy) is 2. The van der Waals surface area contributed by atoms with Crippen LogP contribution in [0.1, 0.15) is 136 Å². The second kappa shape index (κ2) is 47.2. The molecular weight excluding hydrogens is 1600 g/mol. The highest BCUT2D eigenvalue weighted by Crippen LogP contribution is 2.47. The average Bonchev–Trinajstić information content (AvgIpc) is 0.762. The van der Waals surface area contributed by atoms with Crippen LogP contribution in [0.25, 0.3) is 0 Å². The summed E-state index contributed by atoms with van der Waals surface area (Å²) >= 11 is 0. The van der Waals surface area contributed by atoms with Gasteiger partial charge in [-0.3, -0.25) is 0 Å². The summed E-state index contributed by atoms with van der Waals surface area (Å²) in [6.45, 7) is 47.5. The summed E-state index contributed by atoms with van der Waals surface area (Å²) in [5, 5.41) is 0. The van der Waals surface area contributed by atoms with Crippen molar-refractivity contribution in [2.45, 2.75) is 222 Å². The van der Waals surface area contributed by atoms with Crippen molar-refractivity contribution < 1.29 is 9.47 Å². The molecule has 642 valence electrons. The molecule has 0 aromatic heterocycles. The minimum Gasteiger partial charge on any atom is -0.488 e. The van der Waals surface area contributed by atoms with Crippen LogP contribution in [0.3, 0.4) is 0 Å². The highest BCUT2D eigenvalue weighted by atomic mass is 32.2. The third-order valence-corrected chi connectivity index (χ3v) is 30.9. The van der Waals surface area contributed by atoms with E-state index < -0.39 is 0 Å². The largest absolute Gasteiger partial charge is 0.488 e. The molecule has 16 aromatic carbocycles. The van der Waals surface area contributed by atoms with Gasteiger partial charge < -0.3 is 9.47 Å². The predicted molar refractivity (Wildman–Crippen MR) is 547 cm³/mol. The molecule has 1 heterocycles. The van der Waals surface area contributed by atoms with Crippen molar-refractivity contribution in [3.05, 3.63) is 483 Å². The Bertz CT molecular complexity index is 5470. The lowest BCUT2D eigenvalue weighted by Crippen LogP contribution is -2.22. The quantitative estimate of drug-likeness (QED) is 0.120. The molecule has 126 heavy (non-hydrogen) atoms. The lowest BCUT2D eigenvalue weighted by atomic mass is 9.87. The molecule has 0 N–H and O–H groups in total. The third-order valence-electron chi connectivity index (χ3n) is 21.9. The molecule has 1 aliphatic rings. The van der Waals surface area contributed by atoms with Crippen LogP contribution in [-0.2, 0) is 49.0 Å². The van der Waals surface area contributed by atoms with E-state index >= 15 is 0 Å². The van der Waals surface area contributed by atoms with Gasteiger partial charge in [-0.25, -0.2) is 0 Å². The molecule has 16 aromatic rings. The fourth-order valence-corrected chi connectivity index (χ4v) is 23.2. The van der Waals surface area contributed by atoms with Crippen molar-refractivity contribution in [3.63, 3.8) is 0 Å². The first-order valence-electron chi connectivity index (χ1n) is 43.7. The molecule has 0 saturated carbocycles. The summed E-state index contributed by atoms with van der Waals surface area (Å²) < 4.78 is 12.0. The maximum absolute atomic E-state index is 6.04. The molecule has 0 spiro atoms. The van der Waals surface area contributed by atoms with Gasteiger partial charge in [0, 0.05) is 0 Å². The molecule has 2 nitrogen and oxygen atoms in total. The normalized spacial score (nSPS) is 11.2. The molecule has 0 amide bonds. The van der Waals surface area contributed by atoms with Gasteiger partial charge in [-0.1, -0.05) is 274 Å². The highest BCUT2D eigenvalue weighted by Gasteiger charge is 2.39. The Kier molecular flexibility index (Phi) is 36.2. The Labute approximate surface area is 769 Å². The summed E-state index contributed by atoms with van der Waals surface area (Å²) in [4.78, 5) is 16.0. The van der Waals surface area contributed by atoms with Crippen molar-refractivity contribution in [2.24, 2.45) is 0 Å². The van der Waals surface area contributed by atoms with E-state index in [4.69, 9.17) is 9.47 Å². The predicted octanol–water partition coefficient (Wildman–Crippen LogP) is 33.4. The van der Waals surface area contributed by atoms with Crippen LogP contribution in [0.2, 0.25) is 0 Å². The van der Waals surface area contributed by atoms with Crippen molar-refractivity contribution >= 4 is 43.6 Å². The number of fused-ring (bicyclic) bond motifs is 2. The lowest BCUT2D eigenvalue weighted by Gasteiger charge is -2.21. The van der Waals surface area contributed by atoms with Crippen molar-refractivity contribution in [1.82, 2.24) is 0 Å². The maximum atomic E-state index is 6.04. The first-order chi connectivity index (χ1) is 60.4. The molecule has 0 radical (unpaired) electrons. The van der Waals surface area contributed by atoms with Crippen LogP contribution in [0.15, 0.2) is 447 Å². The Morgan fingerprint density at radius 1 is 0.222 bits per heavy atom. The summed E-state index contributed by atoms with van der Waals surface area (Å²) in [7, 11) is -0.249. The lowest BCUT2D eigenvalue weighted by molar-refractivity contribution is 0.131. The van der Waals surface area contributed by atoms with Gasteiger partial charge in [0.05, 0.1) is 32.7 Å². The summed E-state index contributed by atoms with van der Waals surface area (Å²) in [5.74, 6) is 2.85. The van der Waals surface area contributed by atoms with E-state index in [1.54, 1.807) is 0 Å². The van der Waals surface area contributed by atoms with Crippen LogP contribution in [0.4, 0.5) is 0 Å². The first-order valence-corrected chi connectivity index (χ1v) is 48.6. The standard InChI is InChI=1S/C22H23OS.C22H23S.C18H13OS.C18H15S.4C10H14/c1-22(2,3)23-18-14-16-21(17-15-18)24(19-10-6-4-7-11-19)20-12-8-5-9-13-20;1-22(2,3)18-14-16-21(17-15-18)23(19-10-6-4-7-11-19)20-12-8-5-9-13-20;1-2-8-14(9-3-1)20-17-12-6-4-10-15(17)19-16-11-5-7-13-18(16)20;1-4-10-16(11-5-1)19(17-12-6-2-7-13-17)18-14-8-3-9-15-18;4*1-7-5-8(2)10(4)9(3)6-7/h4-17H,1-3H3;4-17H,1-3H3;1-13H;1-15H;4*5-6H,1-4H3/q4*+1;;;;. The SMILES string of the molecule is CC(C)(C)Oc1ccc([S+](c2ccccc2)c2ccccc2)cc1.CC(C)(C)c1ccc([S+](c2ccccc2)c2ccccc2)cc1.Cc1cc(C)c(C)c(C)c1.Cc1cc(C)c(C)c(C)c1.Cc1cc(C)c(C)c(C)c1.Cc1cc(C)c(C)c(C)c1.c1ccc([S+](c2ccccc2)c2ccccc2)cc1.c1ccc([S+]2c3ccccc3Oc3ccccc32)cc1. The maximum Gasteiger partial charge on any atom is 0.209 e. The van der Waals surface area contributed by atoms with Crippen LogP contribution in [-0.4, -0.2) is 5.60 Å². The molecule has 0 aliphatic carbocycles. The zero-order valence-electron chi connectivity index (χ0n) is 78.4. The third kappa shape index (κ3) is 28.5. The van der Waals surface area contributed by atoms with Crippen LogP contribution in [0, 0.1) is 111 Å². The van der Waals surface area contributed by atoms with E-state index in [1.165, 1.54) is 153 Å². The van der Waals surface area contributed by atoms with Crippen molar-refractivity contribution in [2.75, 3.05) is 0 Å². The molecule has 6 heteroatoms. The number of benzene rings is 16. The second-order valence-corrected chi connectivity index (χ2v) is 42.3. The van der Waals surface area contributed by atoms with Gasteiger partial charge in [0.2, 0.25) is 9.79 Å². The van der Waals surface area contributed by atoms with E-state index in [0.717, 1.165) is 17.2 Å². The average molecular weight is 1730 g/mol. The van der Waals surface area contributed by atoms with Gasteiger partial charge in [-0.2, -0.15) is 0 Å². The van der Waals surface area contributed by atoms with Gasteiger partial charge in [-0.15, -0.1) is 0 Å². The van der Waals surface area contributed by atoms with E-state index in [-0.39, 0.29) is 54.6 Å². The van der Waals surface area contributed by atoms with Crippen LogP contribution in [0.5, 0.6) is 17.2 Å². The molecule has 0 fully saturated rings. The van der Waals surface area contributed by atoms with Crippen molar-refractivity contribution in [1.29, 1.82) is 0 Å². The fourth-order valence-electron chi connectivity index (χ4n) is 14.7. The Morgan fingerprint density at radius 3 is 0.643 bits per heavy atom. The van der Waals surface area contributed by atoms with Gasteiger partial charge >= 0.3 is 0 Å². The number of rotatable bonds is 11. The minimum absolute atomic E-state index is 0.0146. The van der Waals surface area contributed by atoms with E-state index in [2.05, 4.69) is 516 Å². The van der Waals surface area contributed by atoms with Gasteiger partial charge in [0.15, 0.2) is 60.5 Å². The Hall–Kier alpha value is -11.5. The molecule has 0 bridgehead atoms. The summed E-state index contributed by atoms with van der Waals surface area (Å²) in [5.41, 5.74) is 23.7. The number of hydrogen-bond donors (Lipinski definition) is 0. The number of hydrogen-bond acceptors (Lipinski definition) is 2. The number of aryl methyl sites for hydroxylation is 12. The zero-order chi connectivity index (χ0) is 90.5. The summed E-state index contributed by atoms with van der Waals surface area (Å²) in [6.07, 6.45) is 0. The molecule has 17 rings (SSSR count). The molecule has 0 saturated heterocycles.